The van der Waals surface area contributed by atoms with Gasteiger partial charge in [-0.3, -0.25) is 6.08 Å². The molecule has 0 nitrogen and oxygen atoms in total. The zero-order valence-electron chi connectivity index (χ0n) is 23.2. The van der Waals surface area contributed by atoms with Gasteiger partial charge < -0.3 is 24.8 Å². The number of rotatable bonds is 2. The predicted octanol–water partition coefficient (Wildman–Crippen LogP) is 3.47. The molecule has 0 saturated carbocycles. The first-order chi connectivity index (χ1) is 17.8. The van der Waals surface area contributed by atoms with Gasteiger partial charge in [-0.25, -0.2) is 11.6 Å². The van der Waals surface area contributed by atoms with Gasteiger partial charge in [0.05, 0.1) is 0 Å². The van der Waals surface area contributed by atoms with Crippen LogP contribution in [0.3, 0.4) is 0 Å². The molecule has 5 aromatic rings. The van der Waals surface area contributed by atoms with Gasteiger partial charge >= 0.3 is 99.2 Å². The molecule has 0 fully saturated rings. The van der Waals surface area contributed by atoms with Crippen molar-refractivity contribution in [2.75, 3.05) is 0 Å². The van der Waals surface area contributed by atoms with Gasteiger partial charge in [0, 0.05) is 0 Å². The number of aryl methyl sites for hydroxylation is 2. The van der Waals surface area contributed by atoms with Crippen molar-refractivity contribution in [1.29, 1.82) is 0 Å². The van der Waals surface area contributed by atoms with Crippen LogP contribution in [0.2, 0.25) is 0 Å². The summed E-state index contributed by atoms with van der Waals surface area (Å²) in [5, 5.41) is 5.46. The van der Waals surface area contributed by atoms with Gasteiger partial charge in [-0.1, -0.05) is 55.2 Å². The van der Waals surface area contributed by atoms with Crippen molar-refractivity contribution in [2.45, 2.75) is 34.6 Å². The third kappa shape index (κ3) is 8.52. The fourth-order valence-electron chi connectivity index (χ4n) is 4.47. The molecule has 39 heavy (non-hydrogen) atoms. The molecule has 1 aliphatic rings. The van der Waals surface area contributed by atoms with E-state index in [1.807, 2.05) is 0 Å². The fraction of sp³-hybridized carbons (Fsp3) is 0.167. The predicted molar refractivity (Wildman–Crippen MR) is 158 cm³/mol. The second-order valence-corrected chi connectivity index (χ2v) is 11.1. The van der Waals surface area contributed by atoms with Crippen LogP contribution in [0.4, 0.5) is 0 Å². The van der Waals surface area contributed by atoms with E-state index < -0.39 is 0 Å². The molecule has 0 spiro atoms. The number of benzene rings is 4. The van der Waals surface area contributed by atoms with Crippen LogP contribution in [-0.4, -0.2) is 3.21 Å². The van der Waals surface area contributed by atoms with Gasteiger partial charge in [-0.05, 0) is 13.8 Å². The molecule has 0 aliphatic heterocycles. The van der Waals surface area contributed by atoms with Crippen molar-refractivity contribution < 1.29 is 49.0 Å². The van der Waals surface area contributed by atoms with Gasteiger partial charge in [0.1, 0.15) is 0 Å². The van der Waals surface area contributed by atoms with Crippen LogP contribution in [0.15, 0.2) is 120 Å². The van der Waals surface area contributed by atoms with Crippen molar-refractivity contribution >= 4 is 24.8 Å². The van der Waals surface area contributed by atoms with E-state index in [0.29, 0.717) is 5.92 Å². The summed E-state index contributed by atoms with van der Waals surface area (Å²) in [5.74, 6) is 0.565. The Kier molecular flexibility index (Phi) is 12.9. The number of fused-ring (bicyclic) bond motifs is 3. The monoisotopic (exact) mass is 626 g/mol. The third-order valence-electron chi connectivity index (χ3n) is 6.96. The molecule has 0 saturated heterocycles. The first-order valence-corrected chi connectivity index (χ1v) is 14.1. The summed E-state index contributed by atoms with van der Waals surface area (Å²) in [6.45, 7) is 10.7. The summed E-state index contributed by atoms with van der Waals surface area (Å²) in [6, 6.07) is 36.7. The molecule has 0 amide bonds. The summed E-state index contributed by atoms with van der Waals surface area (Å²) >= 11 is 1.46. The van der Waals surface area contributed by atoms with E-state index in [2.05, 4.69) is 150 Å². The maximum absolute atomic E-state index is 3.22. The van der Waals surface area contributed by atoms with Crippen LogP contribution in [0, 0.1) is 25.8 Å². The van der Waals surface area contributed by atoms with Gasteiger partial charge in [-0.15, -0.1) is 46.7 Å². The number of allylic oxidation sites excluding steroid dienone is 4. The molecule has 198 valence electrons. The minimum atomic E-state index is 0. The van der Waals surface area contributed by atoms with E-state index in [1.165, 1.54) is 82.4 Å². The van der Waals surface area contributed by atoms with Crippen LogP contribution < -0.4 is 24.8 Å². The Balaban J connectivity index is 0.000000209. The summed E-state index contributed by atoms with van der Waals surface area (Å²) in [4.78, 5) is 0. The second kappa shape index (κ2) is 15.4. The maximum atomic E-state index is 3.22. The molecule has 0 heterocycles. The fourth-order valence-corrected chi connectivity index (χ4v) is 5.29. The Morgan fingerprint density at radius 1 is 0.667 bits per heavy atom. The summed E-state index contributed by atoms with van der Waals surface area (Å²) in [5.41, 5.74) is 8.17. The second-order valence-electron chi connectivity index (χ2n) is 9.83. The first-order valence-electron chi connectivity index (χ1n) is 12.9. The SMILES string of the molecule is CC1=C(C)C(C)[C-]=C1.Cc1ccc2c(c1)[cH-]c1cc(C)ccc12.[Cl-].[Cl-].[Zr+2]=[C](c1ccccc1)c1ccccc1. The Labute approximate surface area is 261 Å². The number of hydrogen-bond donors (Lipinski definition) is 0. The van der Waals surface area contributed by atoms with Gasteiger partial charge in [-0.2, -0.15) is 5.57 Å². The van der Waals surface area contributed by atoms with Crippen molar-refractivity contribution in [3.8, 4) is 0 Å². The first kappa shape index (κ1) is 32.8. The van der Waals surface area contributed by atoms with Crippen molar-refractivity contribution in [3.05, 3.63) is 149 Å². The third-order valence-corrected chi connectivity index (χ3v) is 8.38. The molecule has 3 heteroatoms. The summed E-state index contributed by atoms with van der Waals surface area (Å²) < 4.78 is 1.42. The van der Waals surface area contributed by atoms with Gasteiger partial charge in [0.15, 0.2) is 0 Å². The minimum absolute atomic E-state index is 0. The Morgan fingerprint density at radius 3 is 1.44 bits per heavy atom. The quantitative estimate of drug-likeness (QED) is 0.263. The zero-order chi connectivity index (χ0) is 26.4. The van der Waals surface area contributed by atoms with Crippen LogP contribution in [0.5, 0.6) is 0 Å². The molecular formula is C36H34Cl2Zr-2. The standard InChI is InChI=1S/C15H13.C13H10.C8H11.2ClH.Zr/c1-10-3-5-14-12(7-10)9-13-8-11(2)4-6-15(13)14;1-3-7-12(8-4-1)11-13-9-5-2-6-10-13;1-6-4-5-7(2)8(6)3;;;/h3-9H,1-2H3;1-10H;4,7H,1-3H3;2*1H;/q-1;;-1;;;+2/p-2. The Hall–Kier alpha value is -2.44. The molecule has 0 radical (unpaired) electrons. The molecular weight excluding hydrogens is 595 g/mol. The molecule has 1 unspecified atom stereocenters. The van der Waals surface area contributed by atoms with Gasteiger partial charge in [0.2, 0.25) is 0 Å². The zero-order valence-corrected chi connectivity index (χ0v) is 27.2. The number of halogens is 2. The summed E-state index contributed by atoms with van der Waals surface area (Å²) in [7, 11) is 0. The molecule has 5 aromatic carbocycles. The normalized spacial score (nSPS) is 13.6. The number of hydrogen-bond acceptors (Lipinski definition) is 0. The van der Waals surface area contributed by atoms with Gasteiger partial charge in [0.25, 0.3) is 0 Å². The Morgan fingerprint density at radius 2 is 1.10 bits per heavy atom. The molecule has 0 bridgehead atoms. The van der Waals surface area contributed by atoms with E-state index in [1.54, 1.807) is 0 Å². The molecule has 0 N–H and O–H groups in total. The van der Waals surface area contributed by atoms with Crippen LogP contribution in [-0.2, 0) is 24.2 Å². The van der Waals surface area contributed by atoms with Crippen LogP contribution >= 0.6 is 0 Å². The topological polar surface area (TPSA) is 0 Å². The van der Waals surface area contributed by atoms with E-state index in [-0.39, 0.29) is 24.8 Å². The Bertz CT molecular complexity index is 1480. The average molecular weight is 629 g/mol. The van der Waals surface area contributed by atoms with Crippen LogP contribution in [0.1, 0.15) is 43.0 Å². The van der Waals surface area contributed by atoms with E-state index in [4.69, 9.17) is 0 Å². The van der Waals surface area contributed by atoms with Crippen molar-refractivity contribution in [1.82, 2.24) is 0 Å². The molecule has 1 aliphatic carbocycles. The molecule has 1 atom stereocenters. The molecule has 6 rings (SSSR count). The van der Waals surface area contributed by atoms with Crippen molar-refractivity contribution in [2.24, 2.45) is 5.92 Å². The molecule has 0 aromatic heterocycles. The van der Waals surface area contributed by atoms with E-state index in [0.717, 1.165) is 0 Å². The van der Waals surface area contributed by atoms with Crippen LogP contribution in [0.25, 0.3) is 21.5 Å². The average Bonchev–Trinajstić information content (AvgIpc) is 3.42. The van der Waals surface area contributed by atoms with Crippen molar-refractivity contribution in [3.63, 3.8) is 0 Å². The van der Waals surface area contributed by atoms with E-state index >= 15 is 0 Å². The summed E-state index contributed by atoms with van der Waals surface area (Å²) in [6.07, 6.45) is 5.29. The van der Waals surface area contributed by atoms with E-state index in [9.17, 15) is 0 Å².